The minimum absolute atomic E-state index is 0.293. The van der Waals surface area contributed by atoms with Crippen molar-refractivity contribution >= 4 is 5.91 Å². The molecule has 1 amide bonds. The fourth-order valence-electron chi connectivity index (χ4n) is 1.70. The van der Waals surface area contributed by atoms with E-state index in [4.69, 9.17) is 0 Å². The zero-order valence-electron chi connectivity index (χ0n) is 8.80. The first kappa shape index (κ1) is 11.2. The van der Waals surface area contributed by atoms with Crippen LogP contribution in [0.1, 0.15) is 25.7 Å². The number of nitrogens with zero attached hydrogens (tertiary/aromatic N) is 1. The van der Waals surface area contributed by atoms with Gasteiger partial charge >= 0.3 is 0 Å². The van der Waals surface area contributed by atoms with E-state index in [-0.39, 0.29) is 0 Å². The lowest BCUT2D eigenvalue weighted by molar-refractivity contribution is -0.131. The molecule has 14 heavy (non-hydrogen) atoms. The summed E-state index contributed by atoms with van der Waals surface area (Å²) >= 11 is 0. The molecule has 1 aliphatic rings. The Kier molecular flexibility index (Phi) is 5.30. The fraction of sp³-hybridized carbons (Fsp3) is 0.727. The largest absolute Gasteiger partial charge is 0.343 e. The Labute approximate surface area is 86.2 Å². The van der Waals surface area contributed by atoms with E-state index >= 15 is 0 Å². The molecule has 3 nitrogen and oxygen atoms in total. The van der Waals surface area contributed by atoms with Crippen LogP contribution in [0.5, 0.6) is 0 Å². The van der Waals surface area contributed by atoms with Crippen LogP contribution < -0.4 is 5.32 Å². The van der Waals surface area contributed by atoms with Crippen LogP contribution in [0.4, 0.5) is 0 Å². The summed E-state index contributed by atoms with van der Waals surface area (Å²) in [5.74, 6) is 0.293. The van der Waals surface area contributed by atoms with E-state index in [0.717, 1.165) is 26.2 Å². The molecule has 0 aromatic carbocycles. The molecule has 0 atom stereocenters. The van der Waals surface area contributed by atoms with E-state index in [2.05, 4.69) is 11.9 Å². The Morgan fingerprint density at radius 3 is 2.71 bits per heavy atom. The molecule has 1 N–H and O–H groups in total. The predicted molar refractivity (Wildman–Crippen MR) is 58.1 cm³/mol. The van der Waals surface area contributed by atoms with Crippen molar-refractivity contribution in [1.29, 1.82) is 0 Å². The van der Waals surface area contributed by atoms with Crippen molar-refractivity contribution < 1.29 is 4.79 Å². The van der Waals surface area contributed by atoms with E-state index in [1.165, 1.54) is 19.3 Å². The maximum absolute atomic E-state index is 11.6. The van der Waals surface area contributed by atoms with Gasteiger partial charge in [0.25, 0.3) is 0 Å². The topological polar surface area (TPSA) is 32.3 Å². The third kappa shape index (κ3) is 3.92. The molecule has 1 saturated heterocycles. The first-order chi connectivity index (χ1) is 6.84. The molecule has 1 fully saturated rings. The molecule has 3 heteroatoms. The number of rotatable bonds is 5. The van der Waals surface area contributed by atoms with Gasteiger partial charge in [-0.25, -0.2) is 0 Å². The van der Waals surface area contributed by atoms with Crippen LogP contribution in [0.2, 0.25) is 0 Å². The van der Waals surface area contributed by atoms with Gasteiger partial charge in [-0.05, 0) is 19.3 Å². The lowest BCUT2D eigenvalue weighted by Crippen LogP contribution is -2.37. The van der Waals surface area contributed by atoms with E-state index in [0.29, 0.717) is 12.3 Å². The molecular weight excluding hydrogens is 176 g/mol. The molecular formula is C11H20N2O. The average Bonchev–Trinajstić information content (AvgIpc) is 2.25. The molecule has 1 rings (SSSR count). The minimum atomic E-state index is 0.293. The zero-order valence-corrected chi connectivity index (χ0v) is 8.80. The summed E-state index contributed by atoms with van der Waals surface area (Å²) in [5.41, 5.74) is 0. The molecule has 1 aliphatic heterocycles. The standard InChI is InChI=1S/C11H20N2O/c1-2-7-12-8-6-11(14)13-9-4-3-5-10-13/h2,12H,1,3-10H2. The summed E-state index contributed by atoms with van der Waals surface area (Å²) < 4.78 is 0. The monoisotopic (exact) mass is 196 g/mol. The van der Waals surface area contributed by atoms with Crippen molar-refractivity contribution in [3.8, 4) is 0 Å². The normalized spacial score (nSPS) is 16.7. The number of carbonyl (C=O) groups is 1. The van der Waals surface area contributed by atoms with Crippen LogP contribution in [-0.4, -0.2) is 37.0 Å². The second-order valence-corrected chi connectivity index (χ2v) is 3.68. The Morgan fingerprint density at radius 1 is 1.36 bits per heavy atom. The van der Waals surface area contributed by atoms with Gasteiger partial charge in [-0.15, -0.1) is 6.58 Å². The molecule has 0 radical (unpaired) electrons. The fourth-order valence-corrected chi connectivity index (χ4v) is 1.70. The lowest BCUT2D eigenvalue weighted by atomic mass is 10.1. The third-order valence-corrected chi connectivity index (χ3v) is 2.51. The van der Waals surface area contributed by atoms with Gasteiger partial charge in [0, 0.05) is 32.6 Å². The molecule has 0 bridgehead atoms. The maximum Gasteiger partial charge on any atom is 0.223 e. The van der Waals surface area contributed by atoms with Gasteiger partial charge in [-0.3, -0.25) is 4.79 Å². The Balaban J connectivity index is 2.10. The van der Waals surface area contributed by atoms with Crippen LogP contribution in [0.3, 0.4) is 0 Å². The van der Waals surface area contributed by atoms with Crippen molar-refractivity contribution in [2.45, 2.75) is 25.7 Å². The number of piperidine rings is 1. The molecule has 80 valence electrons. The number of hydrogen-bond donors (Lipinski definition) is 1. The van der Waals surface area contributed by atoms with Crippen LogP contribution in [-0.2, 0) is 4.79 Å². The van der Waals surface area contributed by atoms with E-state index in [9.17, 15) is 4.79 Å². The third-order valence-electron chi connectivity index (χ3n) is 2.51. The van der Waals surface area contributed by atoms with Crippen molar-refractivity contribution in [1.82, 2.24) is 10.2 Å². The van der Waals surface area contributed by atoms with E-state index in [1.54, 1.807) is 0 Å². The number of nitrogens with one attached hydrogen (secondary N) is 1. The molecule has 0 aromatic rings. The molecule has 0 aliphatic carbocycles. The predicted octanol–water partition coefficient (Wildman–Crippen LogP) is 1.16. The SMILES string of the molecule is C=CCNCCC(=O)N1CCCCC1. The Hall–Kier alpha value is -0.830. The maximum atomic E-state index is 11.6. The number of hydrogen-bond acceptors (Lipinski definition) is 2. The second-order valence-electron chi connectivity index (χ2n) is 3.68. The summed E-state index contributed by atoms with van der Waals surface area (Å²) in [6.07, 6.45) is 6.05. The Morgan fingerprint density at radius 2 is 2.07 bits per heavy atom. The highest BCUT2D eigenvalue weighted by atomic mass is 16.2. The molecule has 1 heterocycles. The van der Waals surface area contributed by atoms with Crippen LogP contribution in [0, 0.1) is 0 Å². The summed E-state index contributed by atoms with van der Waals surface area (Å²) in [7, 11) is 0. The summed E-state index contributed by atoms with van der Waals surface area (Å²) in [6, 6.07) is 0. The van der Waals surface area contributed by atoms with Gasteiger partial charge < -0.3 is 10.2 Å². The highest BCUT2D eigenvalue weighted by Gasteiger charge is 2.15. The van der Waals surface area contributed by atoms with Gasteiger partial charge in [0.15, 0.2) is 0 Å². The van der Waals surface area contributed by atoms with Gasteiger partial charge in [-0.1, -0.05) is 6.08 Å². The molecule has 0 aromatic heterocycles. The summed E-state index contributed by atoms with van der Waals surface area (Å²) in [5, 5.41) is 3.14. The van der Waals surface area contributed by atoms with E-state index < -0.39 is 0 Å². The van der Waals surface area contributed by atoms with Crippen molar-refractivity contribution in [3.05, 3.63) is 12.7 Å². The van der Waals surface area contributed by atoms with Gasteiger partial charge in [0.2, 0.25) is 5.91 Å². The van der Waals surface area contributed by atoms with Gasteiger partial charge in [0.1, 0.15) is 0 Å². The lowest BCUT2D eigenvalue weighted by Gasteiger charge is -2.26. The average molecular weight is 196 g/mol. The minimum Gasteiger partial charge on any atom is -0.343 e. The van der Waals surface area contributed by atoms with Crippen LogP contribution in [0.25, 0.3) is 0 Å². The van der Waals surface area contributed by atoms with Gasteiger partial charge in [0.05, 0.1) is 0 Å². The summed E-state index contributed by atoms with van der Waals surface area (Å²) in [4.78, 5) is 13.6. The quantitative estimate of drug-likeness (QED) is 0.529. The number of likely N-dealkylation sites (tertiary alicyclic amines) is 1. The zero-order chi connectivity index (χ0) is 10.2. The van der Waals surface area contributed by atoms with Crippen molar-refractivity contribution in [3.63, 3.8) is 0 Å². The second kappa shape index (κ2) is 6.60. The number of carbonyl (C=O) groups excluding carboxylic acids is 1. The Bertz CT molecular complexity index is 186. The first-order valence-electron chi connectivity index (χ1n) is 5.44. The van der Waals surface area contributed by atoms with Crippen molar-refractivity contribution in [2.75, 3.05) is 26.2 Å². The highest BCUT2D eigenvalue weighted by molar-refractivity contribution is 5.76. The van der Waals surface area contributed by atoms with Crippen LogP contribution >= 0.6 is 0 Å². The first-order valence-corrected chi connectivity index (χ1v) is 5.44. The highest BCUT2D eigenvalue weighted by Crippen LogP contribution is 2.09. The van der Waals surface area contributed by atoms with Crippen molar-refractivity contribution in [2.24, 2.45) is 0 Å². The van der Waals surface area contributed by atoms with Gasteiger partial charge in [-0.2, -0.15) is 0 Å². The molecule has 0 spiro atoms. The molecule has 0 unspecified atom stereocenters. The summed E-state index contributed by atoms with van der Waals surface area (Å²) in [6.45, 7) is 7.08. The number of amides is 1. The smallest absolute Gasteiger partial charge is 0.223 e. The molecule has 0 saturated carbocycles. The van der Waals surface area contributed by atoms with Crippen LogP contribution in [0.15, 0.2) is 12.7 Å². The van der Waals surface area contributed by atoms with E-state index in [1.807, 2.05) is 11.0 Å².